The molecule has 0 heterocycles. The van der Waals surface area contributed by atoms with Gasteiger partial charge in [-0.2, -0.15) is 0 Å². The molecule has 0 fully saturated rings. The zero-order valence-corrected chi connectivity index (χ0v) is 13.0. The van der Waals surface area contributed by atoms with E-state index in [1.165, 1.54) is 0 Å². The summed E-state index contributed by atoms with van der Waals surface area (Å²) in [6, 6.07) is 14.1. The summed E-state index contributed by atoms with van der Waals surface area (Å²) in [5.74, 6) is 0. The predicted octanol–water partition coefficient (Wildman–Crippen LogP) is 5.27. The molecule has 2 rings (SSSR count). The van der Waals surface area contributed by atoms with Gasteiger partial charge in [-0.25, -0.2) is 0 Å². The summed E-state index contributed by atoms with van der Waals surface area (Å²) in [5.41, 5.74) is 6.89. The highest BCUT2D eigenvalue weighted by molar-refractivity contribution is 9.10. The maximum absolute atomic E-state index is 6.28. The summed E-state index contributed by atoms with van der Waals surface area (Å²) >= 11 is 11.4. The molecule has 0 aliphatic heterocycles. The topological polar surface area (TPSA) is 26.0 Å². The number of rotatable bonds is 3. The fraction of sp³-hybridized carbons (Fsp3) is 0.143. The highest BCUT2D eigenvalue weighted by atomic mass is 79.9. The molecule has 0 aliphatic rings. The van der Waals surface area contributed by atoms with Crippen molar-refractivity contribution in [3.8, 4) is 0 Å². The van der Waals surface area contributed by atoms with E-state index in [4.69, 9.17) is 17.3 Å². The highest BCUT2D eigenvalue weighted by Crippen LogP contribution is 2.35. The van der Waals surface area contributed by atoms with Crippen LogP contribution in [0.25, 0.3) is 0 Å². The third-order valence-electron chi connectivity index (χ3n) is 2.51. The predicted molar refractivity (Wildman–Crippen MR) is 82.3 cm³/mol. The van der Waals surface area contributed by atoms with E-state index in [0.29, 0.717) is 0 Å². The molecule has 1 atom stereocenters. The van der Waals surface area contributed by atoms with E-state index in [1.807, 2.05) is 37.3 Å². The number of hydrogen-bond acceptors (Lipinski definition) is 2. The van der Waals surface area contributed by atoms with E-state index in [1.54, 1.807) is 11.8 Å². The van der Waals surface area contributed by atoms with E-state index in [2.05, 4.69) is 28.1 Å². The Morgan fingerprint density at radius 2 is 2.00 bits per heavy atom. The summed E-state index contributed by atoms with van der Waals surface area (Å²) in [4.78, 5) is 2.19. The fourth-order valence-corrected chi connectivity index (χ4v) is 3.27. The van der Waals surface area contributed by atoms with Crippen LogP contribution in [0.1, 0.15) is 18.5 Å². The van der Waals surface area contributed by atoms with Gasteiger partial charge in [-0.3, -0.25) is 0 Å². The SMILES string of the molecule is C[C@@H](N)c1ccc(Sc2cccc(Br)c2)c(Cl)c1. The van der Waals surface area contributed by atoms with Crippen molar-refractivity contribution in [1.29, 1.82) is 0 Å². The Balaban J connectivity index is 2.24. The molecular weight excluding hydrogens is 330 g/mol. The minimum Gasteiger partial charge on any atom is -0.324 e. The van der Waals surface area contributed by atoms with Crippen LogP contribution in [0.4, 0.5) is 0 Å². The zero-order chi connectivity index (χ0) is 13.1. The third-order valence-corrected chi connectivity index (χ3v) is 4.49. The number of nitrogens with two attached hydrogens (primary N) is 1. The smallest absolute Gasteiger partial charge is 0.0548 e. The summed E-state index contributed by atoms with van der Waals surface area (Å²) in [6.45, 7) is 1.95. The van der Waals surface area contributed by atoms with Crippen LogP contribution in [0.15, 0.2) is 56.7 Å². The van der Waals surface area contributed by atoms with E-state index >= 15 is 0 Å². The van der Waals surface area contributed by atoms with Gasteiger partial charge < -0.3 is 5.73 Å². The molecule has 0 bridgehead atoms. The number of benzene rings is 2. The van der Waals surface area contributed by atoms with Crippen molar-refractivity contribution in [3.05, 3.63) is 57.5 Å². The summed E-state index contributed by atoms with van der Waals surface area (Å²) in [5, 5.41) is 0.745. The van der Waals surface area contributed by atoms with Gasteiger partial charge in [-0.15, -0.1) is 0 Å². The van der Waals surface area contributed by atoms with Gasteiger partial charge in [0.2, 0.25) is 0 Å². The van der Waals surface area contributed by atoms with Crippen molar-refractivity contribution < 1.29 is 0 Å². The third kappa shape index (κ3) is 3.51. The normalized spacial score (nSPS) is 12.4. The average Bonchev–Trinajstić information content (AvgIpc) is 2.31. The molecular formula is C14H13BrClNS. The Morgan fingerprint density at radius 1 is 1.22 bits per heavy atom. The van der Waals surface area contributed by atoms with E-state index in [0.717, 1.165) is 24.8 Å². The van der Waals surface area contributed by atoms with Gasteiger partial charge in [0, 0.05) is 20.3 Å². The molecule has 0 saturated heterocycles. The van der Waals surface area contributed by atoms with E-state index < -0.39 is 0 Å². The Morgan fingerprint density at radius 3 is 2.61 bits per heavy atom. The van der Waals surface area contributed by atoms with Crippen LogP contribution >= 0.6 is 39.3 Å². The van der Waals surface area contributed by atoms with Gasteiger partial charge in [-0.1, -0.05) is 51.4 Å². The molecule has 0 unspecified atom stereocenters. The minimum atomic E-state index is 0.00687. The molecule has 0 amide bonds. The van der Waals surface area contributed by atoms with Gasteiger partial charge in [0.05, 0.1) is 5.02 Å². The summed E-state index contributed by atoms with van der Waals surface area (Å²) < 4.78 is 1.07. The second-order valence-electron chi connectivity index (χ2n) is 4.04. The van der Waals surface area contributed by atoms with E-state index in [9.17, 15) is 0 Å². The lowest BCUT2D eigenvalue weighted by Gasteiger charge is -2.09. The molecule has 2 aromatic carbocycles. The Labute approximate surface area is 125 Å². The Bertz CT molecular complexity index is 557. The van der Waals surface area contributed by atoms with Crippen LogP contribution in [0.3, 0.4) is 0 Å². The fourth-order valence-electron chi connectivity index (χ4n) is 1.54. The zero-order valence-electron chi connectivity index (χ0n) is 9.86. The standard InChI is InChI=1S/C14H13BrClNS/c1-9(17)10-5-6-14(13(16)7-10)18-12-4-2-3-11(15)8-12/h2-9H,17H2,1H3/t9-/m1/s1. The first kappa shape index (κ1) is 13.9. The molecule has 94 valence electrons. The molecule has 1 nitrogen and oxygen atoms in total. The molecule has 18 heavy (non-hydrogen) atoms. The van der Waals surface area contributed by atoms with Gasteiger partial charge in [-0.05, 0) is 42.8 Å². The van der Waals surface area contributed by atoms with Gasteiger partial charge in [0.25, 0.3) is 0 Å². The van der Waals surface area contributed by atoms with Crippen LogP contribution in [0.2, 0.25) is 5.02 Å². The molecule has 0 spiro atoms. The number of halogens is 2. The van der Waals surface area contributed by atoms with E-state index in [-0.39, 0.29) is 6.04 Å². The quantitative estimate of drug-likeness (QED) is 0.822. The number of hydrogen-bond donors (Lipinski definition) is 1. The summed E-state index contributed by atoms with van der Waals surface area (Å²) in [7, 11) is 0. The van der Waals surface area contributed by atoms with Crippen molar-refractivity contribution in [2.24, 2.45) is 5.73 Å². The first-order valence-corrected chi connectivity index (χ1v) is 7.53. The van der Waals surface area contributed by atoms with Crippen molar-refractivity contribution >= 4 is 39.3 Å². The second kappa shape index (κ2) is 6.11. The van der Waals surface area contributed by atoms with Crippen LogP contribution in [0, 0.1) is 0 Å². The van der Waals surface area contributed by atoms with Crippen molar-refractivity contribution in [3.63, 3.8) is 0 Å². The highest BCUT2D eigenvalue weighted by Gasteiger charge is 2.06. The lowest BCUT2D eigenvalue weighted by Crippen LogP contribution is -2.04. The monoisotopic (exact) mass is 341 g/mol. The second-order valence-corrected chi connectivity index (χ2v) is 6.48. The molecule has 0 radical (unpaired) electrons. The lowest BCUT2D eigenvalue weighted by molar-refractivity contribution is 0.817. The van der Waals surface area contributed by atoms with Crippen LogP contribution in [-0.2, 0) is 0 Å². The average molecular weight is 343 g/mol. The molecule has 2 N–H and O–H groups in total. The molecule has 2 aromatic rings. The van der Waals surface area contributed by atoms with Gasteiger partial charge in [0.1, 0.15) is 0 Å². The largest absolute Gasteiger partial charge is 0.324 e. The maximum atomic E-state index is 6.28. The van der Waals surface area contributed by atoms with Crippen LogP contribution in [0.5, 0.6) is 0 Å². The lowest BCUT2D eigenvalue weighted by atomic mass is 10.1. The van der Waals surface area contributed by atoms with Crippen LogP contribution in [-0.4, -0.2) is 0 Å². The minimum absolute atomic E-state index is 0.00687. The Kier molecular flexibility index (Phi) is 4.73. The van der Waals surface area contributed by atoms with Crippen LogP contribution < -0.4 is 5.73 Å². The molecule has 4 heteroatoms. The maximum Gasteiger partial charge on any atom is 0.0548 e. The molecule has 0 aromatic heterocycles. The molecule has 0 saturated carbocycles. The summed E-state index contributed by atoms with van der Waals surface area (Å²) in [6.07, 6.45) is 0. The Hall–Kier alpha value is -0.480. The first-order chi connectivity index (χ1) is 8.56. The van der Waals surface area contributed by atoms with Gasteiger partial charge in [0.15, 0.2) is 0 Å². The molecule has 0 aliphatic carbocycles. The van der Waals surface area contributed by atoms with Crippen molar-refractivity contribution in [2.75, 3.05) is 0 Å². The van der Waals surface area contributed by atoms with Crippen molar-refractivity contribution in [1.82, 2.24) is 0 Å². The first-order valence-electron chi connectivity index (χ1n) is 5.54. The van der Waals surface area contributed by atoms with Crippen molar-refractivity contribution in [2.45, 2.75) is 22.8 Å². The van der Waals surface area contributed by atoms with Gasteiger partial charge >= 0.3 is 0 Å².